The van der Waals surface area contributed by atoms with Crippen LogP contribution in [0.2, 0.25) is 0 Å². The number of Topliss-reactive ketones (excluding diaryl/α,β-unsaturated/α-hetero) is 1. The zero-order valence-electron chi connectivity index (χ0n) is 24.4. The van der Waals surface area contributed by atoms with Gasteiger partial charge in [-0.1, -0.05) is 37.6 Å². The molecule has 8 heteroatoms. The summed E-state index contributed by atoms with van der Waals surface area (Å²) in [5.74, 6) is 0.557. The van der Waals surface area contributed by atoms with Crippen LogP contribution in [0.5, 0.6) is 23.0 Å². The minimum Gasteiger partial charge on any atom is -0.508 e. The van der Waals surface area contributed by atoms with Gasteiger partial charge >= 0.3 is 0 Å². The van der Waals surface area contributed by atoms with Gasteiger partial charge < -0.3 is 29.3 Å². The first-order valence-corrected chi connectivity index (χ1v) is 13.9. The summed E-state index contributed by atoms with van der Waals surface area (Å²) in [6.45, 7) is 2.16. The molecule has 0 radical (unpaired) electrons. The SMILES string of the molecule is CCCC/C(=C\C(O)=C1\C(=O)[C@H](Cc2ccc(O)cc2)N(Cc2ccc(OC)cc2OC)C1=O)c1ccc(OC)cc1. The van der Waals surface area contributed by atoms with Crippen LogP contribution < -0.4 is 14.2 Å². The molecule has 0 bridgehead atoms. The number of allylic oxidation sites excluding steroid dienone is 2. The third-order valence-corrected chi connectivity index (χ3v) is 7.43. The van der Waals surface area contributed by atoms with Crippen LogP contribution in [0.15, 0.2) is 84.1 Å². The number of phenols is 1. The maximum Gasteiger partial charge on any atom is 0.262 e. The average molecular weight is 572 g/mol. The zero-order chi connectivity index (χ0) is 30.2. The number of aliphatic hydroxyl groups excluding tert-OH is 1. The van der Waals surface area contributed by atoms with E-state index in [9.17, 15) is 19.8 Å². The number of hydrogen-bond acceptors (Lipinski definition) is 7. The molecule has 1 fully saturated rings. The Morgan fingerprint density at radius 2 is 1.57 bits per heavy atom. The molecule has 3 aromatic carbocycles. The van der Waals surface area contributed by atoms with Crippen molar-refractivity contribution in [2.45, 2.75) is 45.2 Å². The number of nitrogens with zero attached hydrogens (tertiary/aromatic N) is 1. The number of likely N-dealkylation sites (tertiary alicyclic amines) is 1. The van der Waals surface area contributed by atoms with Crippen molar-refractivity contribution >= 4 is 17.3 Å². The molecule has 2 N–H and O–H groups in total. The highest BCUT2D eigenvalue weighted by Gasteiger charge is 2.45. The van der Waals surface area contributed by atoms with E-state index in [1.54, 1.807) is 56.7 Å². The highest BCUT2D eigenvalue weighted by atomic mass is 16.5. The van der Waals surface area contributed by atoms with E-state index in [0.29, 0.717) is 29.2 Å². The van der Waals surface area contributed by atoms with E-state index in [0.717, 1.165) is 29.5 Å². The first-order valence-electron chi connectivity index (χ1n) is 13.9. The van der Waals surface area contributed by atoms with Gasteiger partial charge in [-0.25, -0.2) is 0 Å². The number of amides is 1. The summed E-state index contributed by atoms with van der Waals surface area (Å²) in [5, 5.41) is 21.1. The monoisotopic (exact) mass is 571 g/mol. The highest BCUT2D eigenvalue weighted by Crippen LogP contribution is 2.33. The van der Waals surface area contributed by atoms with Gasteiger partial charge in [-0.3, -0.25) is 9.59 Å². The predicted octanol–water partition coefficient (Wildman–Crippen LogP) is 6.03. The molecule has 42 heavy (non-hydrogen) atoms. The Labute approximate surface area is 246 Å². The van der Waals surface area contributed by atoms with Crippen LogP contribution >= 0.6 is 0 Å². The maximum absolute atomic E-state index is 13.9. The molecule has 0 saturated carbocycles. The number of ketones is 1. The van der Waals surface area contributed by atoms with Crippen LogP contribution in [0, 0.1) is 0 Å². The Kier molecular flexibility index (Phi) is 9.91. The second-order valence-corrected chi connectivity index (χ2v) is 10.1. The molecule has 1 amide bonds. The summed E-state index contributed by atoms with van der Waals surface area (Å²) in [6.07, 6.45) is 4.22. The number of phenolic OH excluding ortho intramolecular Hbond substituents is 1. The molecule has 3 aromatic rings. The molecule has 220 valence electrons. The molecule has 8 nitrogen and oxygen atoms in total. The molecule has 4 rings (SSSR count). The van der Waals surface area contributed by atoms with E-state index >= 15 is 0 Å². The van der Waals surface area contributed by atoms with E-state index < -0.39 is 17.7 Å². The van der Waals surface area contributed by atoms with Crippen molar-refractivity contribution in [2.75, 3.05) is 21.3 Å². The molecule has 0 unspecified atom stereocenters. The van der Waals surface area contributed by atoms with Crippen LogP contribution in [0.4, 0.5) is 0 Å². The largest absolute Gasteiger partial charge is 0.508 e. The fourth-order valence-corrected chi connectivity index (χ4v) is 5.05. The number of rotatable bonds is 12. The first-order chi connectivity index (χ1) is 20.3. The standard InChI is InChI=1S/C34H37NO7/c1-5-6-7-24(23-10-15-27(40-2)16-11-23)19-30(37)32-33(38)29(18-22-8-13-26(36)14-9-22)35(34(32)39)21-25-12-17-28(41-3)20-31(25)42-4/h8-17,19-20,29,36-37H,5-7,18,21H2,1-4H3/b24-19+,32-30+/t29-/m0/s1. The van der Waals surface area contributed by atoms with Gasteiger partial charge in [0.05, 0.1) is 27.9 Å². The van der Waals surface area contributed by atoms with Crippen LogP contribution in [0.3, 0.4) is 0 Å². The lowest BCUT2D eigenvalue weighted by Gasteiger charge is -2.24. The van der Waals surface area contributed by atoms with Gasteiger partial charge in [-0.15, -0.1) is 0 Å². The smallest absolute Gasteiger partial charge is 0.262 e. The zero-order valence-corrected chi connectivity index (χ0v) is 24.4. The first kappa shape index (κ1) is 30.2. The molecular formula is C34H37NO7. The Hall–Kier alpha value is -4.72. The quantitative estimate of drug-likeness (QED) is 0.155. The Morgan fingerprint density at radius 1 is 0.905 bits per heavy atom. The minimum absolute atomic E-state index is 0.0855. The van der Waals surface area contributed by atoms with Crippen molar-refractivity contribution in [3.8, 4) is 23.0 Å². The number of carbonyl (C=O) groups excluding carboxylic acids is 2. The van der Waals surface area contributed by atoms with Gasteiger partial charge in [0.1, 0.15) is 40.4 Å². The minimum atomic E-state index is -0.862. The Morgan fingerprint density at radius 3 is 2.19 bits per heavy atom. The van der Waals surface area contributed by atoms with Crippen LogP contribution in [-0.2, 0) is 22.6 Å². The molecule has 0 aromatic heterocycles. The van der Waals surface area contributed by atoms with Gasteiger partial charge in [0.2, 0.25) is 0 Å². The van der Waals surface area contributed by atoms with Crippen molar-refractivity contribution < 1.29 is 34.0 Å². The molecule has 1 saturated heterocycles. The predicted molar refractivity (Wildman–Crippen MR) is 161 cm³/mol. The number of unbranched alkanes of at least 4 members (excludes halogenated alkanes) is 1. The number of aromatic hydroxyl groups is 1. The second-order valence-electron chi connectivity index (χ2n) is 10.1. The van der Waals surface area contributed by atoms with Gasteiger partial charge in [0, 0.05) is 18.1 Å². The normalized spacial score (nSPS) is 16.5. The number of methoxy groups -OCH3 is 3. The van der Waals surface area contributed by atoms with Gasteiger partial charge in [-0.05, 0) is 72.0 Å². The van der Waals surface area contributed by atoms with Gasteiger partial charge in [0.15, 0.2) is 5.78 Å². The fourth-order valence-electron chi connectivity index (χ4n) is 5.05. The van der Waals surface area contributed by atoms with Gasteiger partial charge in [0.25, 0.3) is 5.91 Å². The number of benzene rings is 3. The summed E-state index contributed by atoms with van der Waals surface area (Å²) in [7, 11) is 4.68. The van der Waals surface area contributed by atoms with E-state index in [2.05, 4.69) is 6.92 Å². The van der Waals surface area contributed by atoms with Gasteiger partial charge in [-0.2, -0.15) is 0 Å². The summed E-state index contributed by atoms with van der Waals surface area (Å²) in [5.41, 5.74) is 2.90. The fraction of sp³-hybridized carbons (Fsp3) is 0.294. The maximum atomic E-state index is 13.9. The van der Waals surface area contributed by atoms with Crippen molar-refractivity contribution in [3.05, 3.63) is 101 Å². The van der Waals surface area contributed by atoms with E-state index in [1.165, 1.54) is 18.1 Å². The molecular weight excluding hydrogens is 534 g/mol. The summed E-state index contributed by atoms with van der Waals surface area (Å²) < 4.78 is 16.1. The molecule has 1 aliphatic heterocycles. The lowest BCUT2D eigenvalue weighted by Crippen LogP contribution is -2.36. The number of hydrogen-bond donors (Lipinski definition) is 2. The number of aliphatic hydroxyl groups is 1. The topological polar surface area (TPSA) is 106 Å². The van der Waals surface area contributed by atoms with Crippen molar-refractivity contribution in [1.29, 1.82) is 0 Å². The molecule has 0 spiro atoms. The lowest BCUT2D eigenvalue weighted by atomic mass is 9.97. The summed E-state index contributed by atoms with van der Waals surface area (Å²) in [6, 6.07) is 18.4. The van der Waals surface area contributed by atoms with E-state index in [4.69, 9.17) is 14.2 Å². The Bertz CT molecular complexity index is 1470. The third-order valence-electron chi connectivity index (χ3n) is 7.43. The average Bonchev–Trinajstić information content (AvgIpc) is 3.24. The van der Waals surface area contributed by atoms with E-state index in [1.807, 2.05) is 24.3 Å². The molecule has 1 atom stereocenters. The molecule has 1 heterocycles. The highest BCUT2D eigenvalue weighted by molar-refractivity contribution is 6.27. The lowest BCUT2D eigenvalue weighted by molar-refractivity contribution is -0.127. The van der Waals surface area contributed by atoms with E-state index in [-0.39, 0.29) is 30.0 Å². The molecule has 0 aliphatic carbocycles. The van der Waals surface area contributed by atoms with Crippen LogP contribution in [0.25, 0.3) is 5.57 Å². The van der Waals surface area contributed by atoms with Crippen molar-refractivity contribution in [2.24, 2.45) is 0 Å². The van der Waals surface area contributed by atoms with Crippen molar-refractivity contribution in [1.82, 2.24) is 4.90 Å². The molecule has 1 aliphatic rings. The second kappa shape index (κ2) is 13.8. The van der Waals surface area contributed by atoms with Crippen LogP contribution in [0.1, 0.15) is 42.9 Å². The number of ether oxygens (including phenoxy) is 3. The third kappa shape index (κ3) is 6.77. The number of carbonyl (C=O) groups is 2. The Balaban J connectivity index is 1.76. The van der Waals surface area contributed by atoms with Crippen molar-refractivity contribution in [3.63, 3.8) is 0 Å². The summed E-state index contributed by atoms with van der Waals surface area (Å²) >= 11 is 0. The summed E-state index contributed by atoms with van der Waals surface area (Å²) in [4.78, 5) is 29.2. The van der Waals surface area contributed by atoms with Crippen LogP contribution in [-0.4, -0.2) is 54.2 Å².